The highest BCUT2D eigenvalue weighted by Crippen LogP contribution is 2.19. The molecule has 0 aliphatic carbocycles. The van der Waals surface area contributed by atoms with Gasteiger partial charge in [0.15, 0.2) is 0 Å². The van der Waals surface area contributed by atoms with E-state index >= 15 is 0 Å². The van der Waals surface area contributed by atoms with Crippen LogP contribution in [-0.2, 0) is 0 Å². The minimum atomic E-state index is 0. The fourth-order valence-electron chi connectivity index (χ4n) is 8.01. The number of rotatable bonds is 41. The lowest BCUT2D eigenvalue weighted by atomic mass is 10.0. The summed E-state index contributed by atoms with van der Waals surface area (Å²) >= 11 is 0. The lowest BCUT2D eigenvalue weighted by Gasteiger charge is -2.38. The van der Waals surface area contributed by atoms with E-state index in [1.54, 1.807) is 0 Å². The topological polar surface area (TPSA) is 80.9 Å². The summed E-state index contributed by atoms with van der Waals surface area (Å²) < 4.78 is 1.79. The highest BCUT2D eigenvalue weighted by molar-refractivity contribution is 4.55. The second-order valence-electron chi connectivity index (χ2n) is 15.6. The first kappa shape index (κ1) is 55.1. The molecule has 0 atom stereocenters. The molecule has 0 amide bonds. The molecule has 0 aromatic carbocycles. The average molecular weight is 847 g/mol. The largest absolute Gasteiger partial charge is 1.00 e. The Bertz CT molecular complexity index is 569. The Morgan fingerprint density at radius 2 is 0.400 bits per heavy atom. The summed E-state index contributed by atoms with van der Waals surface area (Å²) in [4.78, 5) is 0. The highest BCUT2D eigenvalue weighted by Gasteiger charge is 2.26. The van der Waals surface area contributed by atoms with Crippen LogP contribution in [0, 0.1) is 0 Å². The van der Waals surface area contributed by atoms with Gasteiger partial charge >= 0.3 is 0 Å². The molecule has 0 fully saturated rings. The fourth-order valence-corrected chi connectivity index (χ4v) is 8.01. The average Bonchev–Trinajstić information content (AvgIpc) is 3.08. The number of aliphatic hydroxyl groups excluding tert-OH is 4. The van der Waals surface area contributed by atoms with Crippen molar-refractivity contribution in [3.05, 3.63) is 0 Å². The van der Waals surface area contributed by atoms with Gasteiger partial charge in [-0.3, -0.25) is 0 Å². The van der Waals surface area contributed by atoms with Crippen molar-refractivity contribution in [1.82, 2.24) is 0 Å². The highest BCUT2D eigenvalue weighted by atomic mass is 79.9. The van der Waals surface area contributed by atoms with Crippen LogP contribution < -0.4 is 34.0 Å². The third-order valence-corrected chi connectivity index (χ3v) is 11.3. The predicted molar refractivity (Wildman–Crippen MR) is 208 cm³/mol. The van der Waals surface area contributed by atoms with Gasteiger partial charge < -0.3 is 63.4 Å². The number of aliphatic hydroxyl groups is 4. The van der Waals surface area contributed by atoms with Crippen molar-refractivity contribution in [2.24, 2.45) is 0 Å². The minimum Gasteiger partial charge on any atom is -1.00 e. The summed E-state index contributed by atoms with van der Waals surface area (Å²) in [5.74, 6) is 0. The van der Waals surface area contributed by atoms with Crippen molar-refractivity contribution in [3.8, 4) is 0 Å². The standard InChI is InChI=1S/C42H90N2O4.2BrH/c1-3-5-7-9-11-13-15-19-23-27-31-43(35-39-45,36-40-46)33-29-25-21-17-18-22-26-30-34-44(37-41-47,38-42-48)32-28-24-20-16-14-12-10-8-6-4-2;;/h45-48H,3-42H2,1-2H3;2*1H/q+2;;/p-2. The lowest BCUT2D eigenvalue weighted by Crippen LogP contribution is -3.00. The summed E-state index contributed by atoms with van der Waals surface area (Å²) in [5.41, 5.74) is 0. The maximum Gasteiger partial charge on any atom is 0.102 e. The van der Waals surface area contributed by atoms with Crippen LogP contribution >= 0.6 is 0 Å². The molecule has 306 valence electrons. The van der Waals surface area contributed by atoms with Crippen LogP contribution in [0.5, 0.6) is 0 Å². The van der Waals surface area contributed by atoms with Gasteiger partial charge in [-0.25, -0.2) is 0 Å². The van der Waals surface area contributed by atoms with E-state index in [2.05, 4.69) is 13.8 Å². The van der Waals surface area contributed by atoms with Crippen LogP contribution in [-0.4, -0.2) is 108 Å². The van der Waals surface area contributed by atoms with Gasteiger partial charge in [-0.2, -0.15) is 0 Å². The van der Waals surface area contributed by atoms with Crippen LogP contribution in [0.3, 0.4) is 0 Å². The van der Waals surface area contributed by atoms with Gasteiger partial charge in [0.25, 0.3) is 0 Å². The van der Waals surface area contributed by atoms with Gasteiger partial charge in [-0.1, -0.05) is 142 Å². The van der Waals surface area contributed by atoms with E-state index in [1.807, 2.05) is 0 Å². The molecular formula is C42H90Br2N2O4. The van der Waals surface area contributed by atoms with Crippen molar-refractivity contribution >= 4 is 0 Å². The Morgan fingerprint density at radius 3 is 0.560 bits per heavy atom. The van der Waals surface area contributed by atoms with Gasteiger partial charge in [0.05, 0.1) is 52.6 Å². The molecule has 50 heavy (non-hydrogen) atoms. The normalized spacial score (nSPS) is 11.9. The number of quaternary nitrogens is 2. The van der Waals surface area contributed by atoms with Gasteiger partial charge in [-0.15, -0.1) is 0 Å². The Morgan fingerprint density at radius 1 is 0.240 bits per heavy atom. The van der Waals surface area contributed by atoms with E-state index < -0.39 is 0 Å². The summed E-state index contributed by atoms with van der Waals surface area (Å²) in [5, 5.41) is 39.3. The number of halogens is 2. The van der Waals surface area contributed by atoms with E-state index in [4.69, 9.17) is 0 Å². The zero-order valence-corrected chi connectivity index (χ0v) is 36.9. The fraction of sp³-hybridized carbons (Fsp3) is 1.00. The van der Waals surface area contributed by atoms with Crippen molar-refractivity contribution in [3.63, 3.8) is 0 Å². The van der Waals surface area contributed by atoms with Gasteiger partial charge in [0.2, 0.25) is 0 Å². The summed E-state index contributed by atoms with van der Waals surface area (Å²) in [6.07, 6.45) is 37.0. The van der Waals surface area contributed by atoms with Crippen LogP contribution in [0.4, 0.5) is 0 Å². The van der Waals surface area contributed by atoms with Gasteiger partial charge in [-0.05, 0) is 51.4 Å². The summed E-state index contributed by atoms with van der Waals surface area (Å²) in [6, 6.07) is 0. The van der Waals surface area contributed by atoms with Crippen LogP contribution in [0.25, 0.3) is 0 Å². The molecule has 0 aromatic rings. The SMILES string of the molecule is CCCCCCCCCCCC[N+](CCO)(CCO)CCCCCCCCCC[N+](CCO)(CCO)CCCCCCCCCCCC.[Br-].[Br-]. The first-order valence-corrected chi connectivity index (χ1v) is 21.7. The van der Waals surface area contributed by atoms with Crippen molar-refractivity contribution in [2.45, 2.75) is 194 Å². The Balaban J connectivity index is -0.0000110. The van der Waals surface area contributed by atoms with E-state index in [0.29, 0.717) is 0 Å². The zero-order valence-electron chi connectivity index (χ0n) is 33.7. The summed E-state index contributed by atoms with van der Waals surface area (Å²) in [7, 11) is 0. The minimum absolute atomic E-state index is 0. The number of hydrogen-bond donors (Lipinski definition) is 4. The molecule has 0 aliphatic rings. The molecule has 0 saturated carbocycles. The molecule has 0 bridgehead atoms. The third-order valence-electron chi connectivity index (χ3n) is 11.3. The molecule has 0 rings (SSSR count). The van der Waals surface area contributed by atoms with Crippen LogP contribution in [0.15, 0.2) is 0 Å². The smallest absolute Gasteiger partial charge is 0.102 e. The molecule has 0 heterocycles. The van der Waals surface area contributed by atoms with Crippen LogP contribution in [0.1, 0.15) is 194 Å². The third kappa shape index (κ3) is 33.3. The molecule has 4 N–H and O–H groups in total. The maximum atomic E-state index is 9.83. The van der Waals surface area contributed by atoms with E-state index in [0.717, 1.165) is 61.3 Å². The Hall–Kier alpha value is 0.720. The molecule has 0 radical (unpaired) electrons. The summed E-state index contributed by atoms with van der Waals surface area (Å²) in [6.45, 7) is 12.9. The Labute approximate surface area is 334 Å². The van der Waals surface area contributed by atoms with Crippen molar-refractivity contribution in [2.75, 3.05) is 78.8 Å². The van der Waals surface area contributed by atoms with Crippen molar-refractivity contribution < 1.29 is 63.4 Å². The first-order valence-electron chi connectivity index (χ1n) is 21.7. The molecule has 0 spiro atoms. The van der Waals surface area contributed by atoms with Crippen LogP contribution in [0.2, 0.25) is 0 Å². The quantitative estimate of drug-likeness (QED) is 0.0562. The zero-order chi connectivity index (χ0) is 35.3. The molecule has 0 aliphatic heterocycles. The van der Waals surface area contributed by atoms with Gasteiger partial charge in [0.1, 0.15) is 26.2 Å². The number of hydrogen-bond acceptors (Lipinski definition) is 4. The molecule has 6 nitrogen and oxygen atoms in total. The number of unbranched alkanes of at least 4 members (excludes halogenated alkanes) is 25. The molecule has 0 aromatic heterocycles. The second kappa shape index (κ2) is 42.5. The van der Waals surface area contributed by atoms with E-state index in [-0.39, 0.29) is 60.4 Å². The van der Waals surface area contributed by atoms with E-state index in [9.17, 15) is 20.4 Å². The maximum absolute atomic E-state index is 9.83. The molecule has 8 heteroatoms. The Kier molecular flexibility index (Phi) is 46.8. The van der Waals surface area contributed by atoms with Gasteiger partial charge in [0, 0.05) is 0 Å². The molecule has 0 unspecified atom stereocenters. The number of nitrogens with zero attached hydrogens (tertiary/aromatic N) is 2. The molecule has 0 saturated heterocycles. The van der Waals surface area contributed by atoms with E-state index in [1.165, 1.54) is 180 Å². The molecular weight excluding hydrogens is 756 g/mol. The predicted octanol–water partition coefficient (Wildman–Crippen LogP) is 3.56. The van der Waals surface area contributed by atoms with Crippen molar-refractivity contribution in [1.29, 1.82) is 0 Å². The first-order chi connectivity index (χ1) is 23.6. The second-order valence-corrected chi connectivity index (χ2v) is 15.6. The monoisotopic (exact) mass is 845 g/mol. The lowest BCUT2D eigenvalue weighted by molar-refractivity contribution is -0.929.